The van der Waals surface area contributed by atoms with Crippen LogP contribution in [0.5, 0.6) is 5.75 Å². The van der Waals surface area contributed by atoms with Crippen molar-refractivity contribution < 1.29 is 19.1 Å². The summed E-state index contributed by atoms with van der Waals surface area (Å²) in [4.78, 5) is 35.2. The van der Waals surface area contributed by atoms with Gasteiger partial charge in [0.1, 0.15) is 11.4 Å². The minimum absolute atomic E-state index is 0.191. The second-order valence-electron chi connectivity index (χ2n) is 8.06. The first-order chi connectivity index (χ1) is 15.1. The van der Waals surface area contributed by atoms with Gasteiger partial charge in [-0.15, -0.1) is 0 Å². The number of benzene rings is 1. The number of carbonyl (C=O) groups is 2. The number of hydrogen-bond donors (Lipinski definition) is 0. The van der Waals surface area contributed by atoms with E-state index in [1.807, 2.05) is 24.3 Å². The van der Waals surface area contributed by atoms with Crippen LogP contribution in [0.15, 0.2) is 30.0 Å². The summed E-state index contributed by atoms with van der Waals surface area (Å²) in [5, 5.41) is 0. The van der Waals surface area contributed by atoms with Gasteiger partial charge in [0.2, 0.25) is 0 Å². The molecule has 0 bridgehead atoms. The molecule has 0 spiro atoms. The SMILES string of the molecule is CCN1CCN(C2=C(c3ccccc3OC)C(=O)N(CCN3CCOCC3)C2=O)CC1. The van der Waals surface area contributed by atoms with E-state index in [2.05, 4.69) is 21.6 Å². The van der Waals surface area contributed by atoms with Gasteiger partial charge in [0.15, 0.2) is 0 Å². The van der Waals surface area contributed by atoms with Gasteiger partial charge in [-0.3, -0.25) is 19.4 Å². The fraction of sp³-hybridized carbons (Fsp3) is 0.565. The highest BCUT2D eigenvalue weighted by Gasteiger charge is 2.42. The number of hydrogen-bond acceptors (Lipinski definition) is 7. The van der Waals surface area contributed by atoms with Crippen molar-refractivity contribution >= 4 is 17.4 Å². The highest BCUT2D eigenvalue weighted by atomic mass is 16.5. The van der Waals surface area contributed by atoms with Gasteiger partial charge in [-0.2, -0.15) is 0 Å². The second kappa shape index (κ2) is 9.80. The first-order valence-electron chi connectivity index (χ1n) is 11.1. The van der Waals surface area contributed by atoms with Gasteiger partial charge in [0.05, 0.1) is 25.9 Å². The van der Waals surface area contributed by atoms with Crippen molar-refractivity contribution in [2.24, 2.45) is 0 Å². The van der Waals surface area contributed by atoms with E-state index in [1.54, 1.807) is 7.11 Å². The molecule has 2 saturated heterocycles. The summed E-state index contributed by atoms with van der Waals surface area (Å²) >= 11 is 0. The Morgan fingerprint density at radius 2 is 1.61 bits per heavy atom. The number of carbonyl (C=O) groups excluding carboxylic acids is 2. The number of likely N-dealkylation sites (N-methyl/N-ethyl adjacent to an activating group) is 1. The van der Waals surface area contributed by atoms with E-state index < -0.39 is 0 Å². The lowest BCUT2D eigenvalue weighted by atomic mass is 10.0. The zero-order valence-electron chi connectivity index (χ0n) is 18.5. The maximum atomic E-state index is 13.5. The van der Waals surface area contributed by atoms with Crippen LogP contribution in [0.3, 0.4) is 0 Å². The standard InChI is InChI=1S/C23H32N4O4/c1-3-24-8-11-26(12-9-24)21-20(18-6-4-5-7-19(18)30-2)22(28)27(23(21)29)13-10-25-14-16-31-17-15-25/h4-7H,3,8-17H2,1-2H3. The van der Waals surface area contributed by atoms with Gasteiger partial charge in [-0.1, -0.05) is 25.1 Å². The first-order valence-corrected chi connectivity index (χ1v) is 11.1. The number of piperazine rings is 1. The van der Waals surface area contributed by atoms with E-state index >= 15 is 0 Å². The Morgan fingerprint density at radius 1 is 0.903 bits per heavy atom. The van der Waals surface area contributed by atoms with Crippen LogP contribution in [0.4, 0.5) is 0 Å². The van der Waals surface area contributed by atoms with Crippen LogP contribution < -0.4 is 4.74 Å². The summed E-state index contributed by atoms with van der Waals surface area (Å²) in [5.74, 6) is 0.193. The Balaban J connectivity index is 1.62. The van der Waals surface area contributed by atoms with Crippen molar-refractivity contribution in [1.29, 1.82) is 0 Å². The van der Waals surface area contributed by atoms with Crippen LogP contribution in [0.2, 0.25) is 0 Å². The highest BCUT2D eigenvalue weighted by molar-refractivity contribution is 6.36. The Bertz CT molecular complexity index is 842. The number of methoxy groups -OCH3 is 1. The third-order valence-electron chi connectivity index (χ3n) is 6.40. The quantitative estimate of drug-likeness (QED) is 0.594. The molecule has 0 saturated carbocycles. The number of rotatable bonds is 7. The molecule has 8 nitrogen and oxygen atoms in total. The van der Waals surface area contributed by atoms with Crippen LogP contribution >= 0.6 is 0 Å². The molecule has 3 aliphatic heterocycles. The third-order valence-corrected chi connectivity index (χ3v) is 6.40. The van der Waals surface area contributed by atoms with Crippen LogP contribution in [0, 0.1) is 0 Å². The van der Waals surface area contributed by atoms with Crippen molar-refractivity contribution in [3.05, 3.63) is 35.5 Å². The molecule has 31 heavy (non-hydrogen) atoms. The monoisotopic (exact) mass is 428 g/mol. The Morgan fingerprint density at radius 3 is 2.29 bits per heavy atom. The first kappa shape index (κ1) is 21.8. The molecule has 2 amide bonds. The summed E-state index contributed by atoms with van der Waals surface area (Å²) in [7, 11) is 1.59. The lowest BCUT2D eigenvalue weighted by Gasteiger charge is -2.36. The van der Waals surface area contributed by atoms with E-state index in [0.29, 0.717) is 48.9 Å². The molecule has 3 heterocycles. The molecule has 1 aromatic rings. The summed E-state index contributed by atoms with van der Waals surface area (Å²) in [6.07, 6.45) is 0. The fourth-order valence-electron chi connectivity index (χ4n) is 4.51. The molecule has 0 atom stereocenters. The summed E-state index contributed by atoms with van der Waals surface area (Å²) in [5.41, 5.74) is 1.67. The molecule has 0 unspecified atom stereocenters. The molecular formula is C23H32N4O4. The zero-order valence-corrected chi connectivity index (χ0v) is 18.5. The number of amides is 2. The van der Waals surface area contributed by atoms with Gasteiger partial charge < -0.3 is 19.3 Å². The number of ether oxygens (including phenoxy) is 2. The number of para-hydroxylation sites is 1. The maximum absolute atomic E-state index is 13.5. The number of imide groups is 1. The molecule has 2 fully saturated rings. The summed E-state index contributed by atoms with van der Waals surface area (Å²) in [6.45, 7) is 10.5. The largest absolute Gasteiger partial charge is 0.496 e. The van der Waals surface area contributed by atoms with Crippen LogP contribution in [-0.4, -0.2) is 111 Å². The van der Waals surface area contributed by atoms with Gasteiger partial charge in [-0.05, 0) is 12.6 Å². The summed E-state index contributed by atoms with van der Waals surface area (Å²) < 4.78 is 10.9. The van der Waals surface area contributed by atoms with Crippen molar-refractivity contribution in [3.8, 4) is 5.75 Å². The molecule has 0 aromatic heterocycles. The van der Waals surface area contributed by atoms with E-state index in [-0.39, 0.29) is 11.8 Å². The van der Waals surface area contributed by atoms with Gasteiger partial charge >= 0.3 is 0 Å². The fourth-order valence-corrected chi connectivity index (χ4v) is 4.51. The normalized spacial score (nSPS) is 21.4. The Labute approximate surface area is 184 Å². The molecule has 3 aliphatic rings. The molecule has 8 heteroatoms. The van der Waals surface area contributed by atoms with E-state index in [0.717, 1.165) is 45.8 Å². The van der Waals surface area contributed by atoms with Gasteiger partial charge in [-0.25, -0.2) is 0 Å². The molecule has 0 N–H and O–H groups in total. The number of morpholine rings is 1. The van der Waals surface area contributed by atoms with E-state index in [1.165, 1.54) is 4.90 Å². The highest BCUT2D eigenvalue weighted by Crippen LogP contribution is 2.36. The summed E-state index contributed by atoms with van der Waals surface area (Å²) in [6, 6.07) is 7.46. The van der Waals surface area contributed by atoms with Crippen molar-refractivity contribution in [3.63, 3.8) is 0 Å². The molecule has 168 valence electrons. The van der Waals surface area contributed by atoms with Crippen LogP contribution in [0.1, 0.15) is 12.5 Å². The minimum Gasteiger partial charge on any atom is -0.496 e. The molecule has 0 aliphatic carbocycles. The third kappa shape index (κ3) is 4.46. The zero-order chi connectivity index (χ0) is 21.8. The average Bonchev–Trinajstić information content (AvgIpc) is 3.07. The molecule has 0 radical (unpaired) electrons. The predicted octanol–water partition coefficient (Wildman–Crippen LogP) is 0.745. The van der Waals surface area contributed by atoms with E-state index in [4.69, 9.17) is 9.47 Å². The molecule has 1 aromatic carbocycles. The van der Waals surface area contributed by atoms with E-state index in [9.17, 15) is 9.59 Å². The predicted molar refractivity (Wildman–Crippen MR) is 118 cm³/mol. The van der Waals surface area contributed by atoms with Crippen molar-refractivity contribution in [1.82, 2.24) is 19.6 Å². The Kier molecular flexibility index (Phi) is 6.89. The lowest BCUT2D eigenvalue weighted by Crippen LogP contribution is -2.48. The minimum atomic E-state index is -0.226. The van der Waals surface area contributed by atoms with Gasteiger partial charge in [0, 0.05) is 57.9 Å². The van der Waals surface area contributed by atoms with Crippen molar-refractivity contribution in [2.75, 3.05) is 79.2 Å². The molecular weight excluding hydrogens is 396 g/mol. The van der Waals surface area contributed by atoms with Crippen LogP contribution in [0.25, 0.3) is 5.57 Å². The van der Waals surface area contributed by atoms with Gasteiger partial charge in [0.25, 0.3) is 11.8 Å². The second-order valence-corrected chi connectivity index (χ2v) is 8.06. The maximum Gasteiger partial charge on any atom is 0.277 e. The Hall–Kier alpha value is -2.42. The lowest BCUT2D eigenvalue weighted by molar-refractivity contribution is -0.138. The molecule has 4 rings (SSSR count). The smallest absolute Gasteiger partial charge is 0.277 e. The van der Waals surface area contributed by atoms with Crippen molar-refractivity contribution in [2.45, 2.75) is 6.92 Å². The number of nitrogens with zero attached hydrogens (tertiary/aromatic N) is 4. The topological polar surface area (TPSA) is 65.6 Å². The van der Waals surface area contributed by atoms with Crippen LogP contribution in [-0.2, 0) is 14.3 Å². The average molecular weight is 429 g/mol.